The van der Waals surface area contributed by atoms with E-state index in [4.69, 9.17) is 4.74 Å². The van der Waals surface area contributed by atoms with Crippen LogP contribution >= 0.6 is 15.9 Å². The van der Waals surface area contributed by atoms with Crippen molar-refractivity contribution < 1.29 is 9.66 Å². The quantitative estimate of drug-likeness (QED) is 0.617. The highest BCUT2D eigenvalue weighted by Crippen LogP contribution is 2.26. The first-order valence-electron chi connectivity index (χ1n) is 6.36. The predicted octanol–water partition coefficient (Wildman–Crippen LogP) is 3.12. The van der Waals surface area contributed by atoms with Crippen molar-refractivity contribution in [2.24, 2.45) is 5.92 Å². The van der Waals surface area contributed by atoms with Gasteiger partial charge in [-0.3, -0.25) is 10.1 Å². The highest BCUT2D eigenvalue weighted by atomic mass is 79.9. The number of halogens is 1. The number of nitro benzene ring substituents is 1. The SMILES string of the molecule is CC(CNC1CC1)COc1cc(Br)cc([N+](=O)[O-])c1. The van der Waals surface area contributed by atoms with Gasteiger partial charge in [-0.25, -0.2) is 0 Å². The summed E-state index contributed by atoms with van der Waals surface area (Å²) in [4.78, 5) is 10.3. The second kappa shape index (κ2) is 6.34. The monoisotopic (exact) mass is 328 g/mol. The molecule has 0 spiro atoms. The Balaban J connectivity index is 1.85. The van der Waals surface area contributed by atoms with E-state index in [1.165, 1.54) is 25.0 Å². The van der Waals surface area contributed by atoms with Crippen molar-refractivity contribution in [2.75, 3.05) is 13.2 Å². The fraction of sp³-hybridized carbons (Fsp3) is 0.538. The molecule has 0 aromatic heterocycles. The van der Waals surface area contributed by atoms with E-state index < -0.39 is 4.92 Å². The molecule has 2 rings (SSSR count). The number of non-ortho nitro benzene ring substituents is 1. The predicted molar refractivity (Wildman–Crippen MR) is 76.5 cm³/mol. The molecular formula is C13H17BrN2O3. The van der Waals surface area contributed by atoms with E-state index >= 15 is 0 Å². The van der Waals surface area contributed by atoms with Crippen LogP contribution in [0, 0.1) is 16.0 Å². The van der Waals surface area contributed by atoms with Crippen LogP contribution in [0.3, 0.4) is 0 Å². The van der Waals surface area contributed by atoms with Crippen molar-refractivity contribution >= 4 is 21.6 Å². The number of hydrogen-bond acceptors (Lipinski definition) is 4. The summed E-state index contributed by atoms with van der Waals surface area (Å²) >= 11 is 3.25. The van der Waals surface area contributed by atoms with Crippen molar-refractivity contribution in [1.29, 1.82) is 0 Å². The standard InChI is InChI=1S/C13H17BrN2O3/c1-9(7-15-11-2-3-11)8-19-13-5-10(14)4-12(6-13)16(17)18/h4-6,9,11,15H,2-3,7-8H2,1H3. The molecule has 5 nitrogen and oxygen atoms in total. The summed E-state index contributed by atoms with van der Waals surface area (Å²) < 4.78 is 6.27. The third-order valence-corrected chi connectivity index (χ3v) is 3.39. The summed E-state index contributed by atoms with van der Waals surface area (Å²) in [7, 11) is 0. The van der Waals surface area contributed by atoms with Crippen molar-refractivity contribution in [3.8, 4) is 5.75 Å². The Kier molecular flexibility index (Phi) is 4.76. The Labute approximate surface area is 120 Å². The smallest absolute Gasteiger partial charge is 0.274 e. The van der Waals surface area contributed by atoms with Gasteiger partial charge in [-0.15, -0.1) is 0 Å². The minimum atomic E-state index is -0.421. The molecule has 1 fully saturated rings. The average Bonchev–Trinajstić information content (AvgIpc) is 3.17. The third kappa shape index (κ3) is 4.80. The Bertz CT molecular complexity index is 463. The van der Waals surface area contributed by atoms with Crippen molar-refractivity contribution in [2.45, 2.75) is 25.8 Å². The molecule has 0 heterocycles. The minimum Gasteiger partial charge on any atom is -0.493 e. The maximum Gasteiger partial charge on any atom is 0.274 e. The number of hydrogen-bond donors (Lipinski definition) is 1. The summed E-state index contributed by atoms with van der Waals surface area (Å²) in [5.41, 5.74) is 0.0353. The Morgan fingerprint density at radius 2 is 2.26 bits per heavy atom. The van der Waals surface area contributed by atoms with E-state index in [-0.39, 0.29) is 5.69 Å². The Morgan fingerprint density at radius 3 is 2.89 bits per heavy atom. The summed E-state index contributed by atoms with van der Waals surface area (Å²) in [5, 5.41) is 14.2. The van der Waals surface area contributed by atoms with Gasteiger partial charge in [0.2, 0.25) is 0 Å². The summed E-state index contributed by atoms with van der Waals surface area (Å²) in [6, 6.07) is 5.35. The fourth-order valence-corrected chi connectivity index (χ4v) is 2.15. The number of nitrogens with one attached hydrogen (secondary N) is 1. The lowest BCUT2D eigenvalue weighted by atomic mass is 10.2. The molecule has 1 N–H and O–H groups in total. The summed E-state index contributed by atoms with van der Waals surface area (Å²) in [6.07, 6.45) is 2.54. The lowest BCUT2D eigenvalue weighted by Gasteiger charge is -2.13. The molecule has 1 saturated carbocycles. The normalized spacial score (nSPS) is 16.1. The highest BCUT2D eigenvalue weighted by Gasteiger charge is 2.21. The van der Waals surface area contributed by atoms with E-state index in [0.717, 1.165) is 6.54 Å². The first-order chi connectivity index (χ1) is 9.04. The number of ether oxygens (including phenoxy) is 1. The molecule has 1 aromatic rings. The van der Waals surface area contributed by atoms with Gasteiger partial charge >= 0.3 is 0 Å². The number of nitrogens with zero attached hydrogens (tertiary/aromatic N) is 1. The van der Waals surface area contributed by atoms with Crippen LogP contribution in [0.4, 0.5) is 5.69 Å². The summed E-state index contributed by atoms with van der Waals surface area (Å²) in [5.74, 6) is 0.901. The molecule has 1 atom stereocenters. The van der Waals surface area contributed by atoms with Crippen molar-refractivity contribution in [3.05, 3.63) is 32.8 Å². The maximum absolute atomic E-state index is 10.7. The van der Waals surface area contributed by atoms with E-state index in [1.54, 1.807) is 6.07 Å². The van der Waals surface area contributed by atoms with Gasteiger partial charge < -0.3 is 10.1 Å². The molecule has 1 aliphatic rings. The molecular weight excluding hydrogens is 312 g/mol. The van der Waals surface area contributed by atoms with E-state index in [2.05, 4.69) is 28.2 Å². The average molecular weight is 329 g/mol. The molecule has 1 aliphatic carbocycles. The van der Waals surface area contributed by atoms with Gasteiger partial charge in [-0.2, -0.15) is 0 Å². The van der Waals surface area contributed by atoms with Crippen LogP contribution in [-0.4, -0.2) is 24.1 Å². The van der Waals surface area contributed by atoms with E-state index in [1.807, 2.05) is 0 Å². The second-order valence-corrected chi connectivity index (χ2v) is 5.92. The lowest BCUT2D eigenvalue weighted by molar-refractivity contribution is -0.385. The van der Waals surface area contributed by atoms with Gasteiger partial charge in [0.1, 0.15) is 5.75 Å². The molecule has 104 valence electrons. The molecule has 0 radical (unpaired) electrons. The second-order valence-electron chi connectivity index (χ2n) is 5.00. The van der Waals surface area contributed by atoms with E-state index in [0.29, 0.717) is 28.8 Å². The Morgan fingerprint density at radius 1 is 1.53 bits per heavy atom. The maximum atomic E-state index is 10.7. The first kappa shape index (κ1) is 14.3. The summed E-state index contributed by atoms with van der Waals surface area (Å²) in [6.45, 7) is 3.57. The van der Waals surface area contributed by atoms with E-state index in [9.17, 15) is 10.1 Å². The number of rotatable bonds is 7. The van der Waals surface area contributed by atoms with Crippen molar-refractivity contribution in [3.63, 3.8) is 0 Å². The van der Waals surface area contributed by atoms with Crippen molar-refractivity contribution in [1.82, 2.24) is 5.32 Å². The number of nitro groups is 1. The fourth-order valence-electron chi connectivity index (χ4n) is 1.69. The van der Waals surface area contributed by atoms with Gasteiger partial charge in [0.25, 0.3) is 5.69 Å². The van der Waals surface area contributed by atoms with Crippen LogP contribution in [0.15, 0.2) is 22.7 Å². The van der Waals surface area contributed by atoms with Gasteiger partial charge in [0, 0.05) is 29.0 Å². The van der Waals surface area contributed by atoms with Crippen LogP contribution in [0.25, 0.3) is 0 Å². The zero-order valence-electron chi connectivity index (χ0n) is 10.8. The van der Waals surface area contributed by atoms with Crippen LogP contribution < -0.4 is 10.1 Å². The molecule has 6 heteroatoms. The van der Waals surface area contributed by atoms with Crippen LogP contribution in [0.5, 0.6) is 5.75 Å². The zero-order chi connectivity index (χ0) is 13.8. The van der Waals surface area contributed by atoms with Gasteiger partial charge in [-0.05, 0) is 18.9 Å². The van der Waals surface area contributed by atoms with Gasteiger partial charge in [0.05, 0.1) is 17.6 Å². The molecule has 0 saturated heterocycles. The number of benzene rings is 1. The van der Waals surface area contributed by atoms with Crippen LogP contribution in [-0.2, 0) is 0 Å². The highest BCUT2D eigenvalue weighted by molar-refractivity contribution is 9.10. The lowest BCUT2D eigenvalue weighted by Crippen LogP contribution is -2.26. The van der Waals surface area contributed by atoms with Gasteiger partial charge in [0.15, 0.2) is 0 Å². The Hall–Kier alpha value is -1.14. The molecule has 0 bridgehead atoms. The first-order valence-corrected chi connectivity index (χ1v) is 7.15. The molecule has 0 amide bonds. The topological polar surface area (TPSA) is 64.4 Å². The molecule has 1 aromatic carbocycles. The van der Waals surface area contributed by atoms with Gasteiger partial charge in [-0.1, -0.05) is 22.9 Å². The largest absolute Gasteiger partial charge is 0.493 e. The molecule has 1 unspecified atom stereocenters. The third-order valence-electron chi connectivity index (χ3n) is 2.93. The van der Waals surface area contributed by atoms with Crippen LogP contribution in [0.2, 0.25) is 0 Å². The molecule has 0 aliphatic heterocycles. The molecule has 19 heavy (non-hydrogen) atoms. The zero-order valence-corrected chi connectivity index (χ0v) is 12.4. The van der Waals surface area contributed by atoms with Crippen LogP contribution in [0.1, 0.15) is 19.8 Å². The minimum absolute atomic E-state index is 0.0353.